The highest BCUT2D eigenvalue weighted by Crippen LogP contribution is 2.15. The molecule has 0 aromatic carbocycles. The molecule has 2 rings (SSSR count). The number of carbonyl (C=O) groups is 2. The smallest absolute Gasteiger partial charge is 0.317 e. The fraction of sp³-hybridized carbons (Fsp3) is 0.778. The maximum Gasteiger partial charge on any atom is 0.317 e. The van der Waals surface area contributed by atoms with Gasteiger partial charge in [0.05, 0.1) is 12.1 Å². The molecular weight excluding hydrogens is 210 g/mol. The fourth-order valence-electron chi connectivity index (χ4n) is 2.27. The van der Waals surface area contributed by atoms with Crippen LogP contribution in [0.5, 0.6) is 0 Å². The summed E-state index contributed by atoms with van der Waals surface area (Å²) in [7, 11) is 0. The van der Waals surface area contributed by atoms with Gasteiger partial charge in [0.2, 0.25) is 0 Å². The van der Waals surface area contributed by atoms with Gasteiger partial charge >= 0.3 is 6.03 Å². The Kier molecular flexibility index (Phi) is 2.97. The van der Waals surface area contributed by atoms with E-state index in [4.69, 9.17) is 5.84 Å². The number of nitrogens with two attached hydrogens (primary N) is 1. The second-order valence-electron chi connectivity index (χ2n) is 4.21. The molecule has 2 unspecified atom stereocenters. The van der Waals surface area contributed by atoms with Crippen LogP contribution in [0.15, 0.2) is 0 Å². The number of rotatable bonds is 2. The Bertz CT molecular complexity index is 308. The van der Waals surface area contributed by atoms with E-state index in [-0.39, 0.29) is 24.0 Å². The van der Waals surface area contributed by atoms with Crippen LogP contribution in [-0.2, 0) is 4.79 Å². The molecule has 2 aliphatic heterocycles. The second-order valence-corrected chi connectivity index (χ2v) is 4.21. The Labute approximate surface area is 93.9 Å². The number of hydrogen-bond acceptors (Lipinski definition) is 4. The zero-order valence-electron chi connectivity index (χ0n) is 9.27. The number of nitrogens with one attached hydrogen (secondary N) is 2. The van der Waals surface area contributed by atoms with Crippen molar-refractivity contribution in [2.75, 3.05) is 26.2 Å². The number of fused-ring (bicyclic) bond motifs is 1. The molecule has 0 aromatic heterocycles. The minimum absolute atomic E-state index is 0.000537. The number of hydrazine groups is 1. The van der Waals surface area contributed by atoms with E-state index in [2.05, 4.69) is 10.7 Å². The molecule has 7 nitrogen and oxygen atoms in total. The highest BCUT2D eigenvalue weighted by molar-refractivity contribution is 5.81. The number of carbonyl (C=O) groups excluding carboxylic acids is 2. The van der Waals surface area contributed by atoms with Crippen molar-refractivity contribution >= 4 is 11.9 Å². The molecule has 2 aliphatic rings. The summed E-state index contributed by atoms with van der Waals surface area (Å²) in [5, 5.41) is 2.80. The summed E-state index contributed by atoms with van der Waals surface area (Å²) in [5.74, 6) is 4.92. The van der Waals surface area contributed by atoms with Gasteiger partial charge in [-0.2, -0.15) is 0 Å². The van der Waals surface area contributed by atoms with Crippen LogP contribution < -0.4 is 16.6 Å². The first-order valence-corrected chi connectivity index (χ1v) is 5.42. The number of piperazine rings is 1. The van der Waals surface area contributed by atoms with E-state index in [0.717, 1.165) is 0 Å². The third-order valence-electron chi connectivity index (χ3n) is 3.33. The molecule has 2 saturated heterocycles. The number of nitrogens with zero attached hydrogens (tertiary/aromatic N) is 2. The molecule has 16 heavy (non-hydrogen) atoms. The predicted molar refractivity (Wildman–Crippen MR) is 57.3 cm³/mol. The van der Waals surface area contributed by atoms with E-state index in [1.54, 1.807) is 0 Å². The molecule has 0 radical (unpaired) electrons. The summed E-state index contributed by atoms with van der Waals surface area (Å²) in [5.41, 5.74) is 2.15. The van der Waals surface area contributed by atoms with Crippen molar-refractivity contribution in [1.82, 2.24) is 20.5 Å². The van der Waals surface area contributed by atoms with E-state index in [0.29, 0.717) is 26.2 Å². The van der Waals surface area contributed by atoms with Crippen LogP contribution >= 0.6 is 0 Å². The summed E-state index contributed by atoms with van der Waals surface area (Å²) in [4.78, 5) is 26.6. The van der Waals surface area contributed by atoms with Gasteiger partial charge in [0.1, 0.15) is 0 Å². The number of hydrogen-bond donors (Lipinski definition) is 3. The molecule has 0 saturated carbocycles. The van der Waals surface area contributed by atoms with Gasteiger partial charge in [-0.25, -0.2) is 10.6 Å². The van der Waals surface area contributed by atoms with Gasteiger partial charge in [-0.1, -0.05) is 0 Å². The third-order valence-corrected chi connectivity index (χ3v) is 3.33. The first-order chi connectivity index (χ1) is 7.63. The molecule has 0 bridgehead atoms. The molecule has 7 heteroatoms. The normalized spacial score (nSPS) is 27.2. The van der Waals surface area contributed by atoms with Crippen molar-refractivity contribution in [1.29, 1.82) is 0 Å². The van der Waals surface area contributed by atoms with Crippen molar-refractivity contribution in [3.63, 3.8) is 0 Å². The van der Waals surface area contributed by atoms with E-state index in [1.165, 1.54) is 0 Å². The Morgan fingerprint density at radius 2 is 2.38 bits per heavy atom. The van der Waals surface area contributed by atoms with Crippen LogP contribution in [0, 0.1) is 0 Å². The quantitative estimate of drug-likeness (QED) is 0.291. The maximum absolute atomic E-state index is 11.4. The average Bonchev–Trinajstić information content (AvgIpc) is 2.68. The molecule has 0 aliphatic carbocycles. The Balaban J connectivity index is 1.96. The monoisotopic (exact) mass is 227 g/mol. The van der Waals surface area contributed by atoms with Crippen LogP contribution in [0.25, 0.3) is 0 Å². The lowest BCUT2D eigenvalue weighted by molar-refractivity contribution is -0.126. The summed E-state index contributed by atoms with van der Waals surface area (Å²) in [6, 6.07) is -0.0716. The molecule has 2 fully saturated rings. The SMILES string of the molecule is CC(C(=O)NN)N1CCN2C(=O)NCC2C1. The lowest BCUT2D eigenvalue weighted by Gasteiger charge is -2.38. The van der Waals surface area contributed by atoms with E-state index < -0.39 is 0 Å². The lowest BCUT2D eigenvalue weighted by atomic mass is 10.1. The largest absolute Gasteiger partial charge is 0.336 e. The Morgan fingerprint density at radius 3 is 3.06 bits per heavy atom. The molecular formula is C9H17N5O2. The van der Waals surface area contributed by atoms with Gasteiger partial charge in [-0.15, -0.1) is 0 Å². The van der Waals surface area contributed by atoms with Crippen molar-refractivity contribution in [3.05, 3.63) is 0 Å². The summed E-state index contributed by atoms with van der Waals surface area (Å²) < 4.78 is 0. The molecule has 0 spiro atoms. The molecule has 4 N–H and O–H groups in total. The maximum atomic E-state index is 11.4. The van der Waals surface area contributed by atoms with Gasteiger partial charge in [0.25, 0.3) is 5.91 Å². The van der Waals surface area contributed by atoms with E-state index in [9.17, 15) is 9.59 Å². The van der Waals surface area contributed by atoms with Crippen molar-refractivity contribution < 1.29 is 9.59 Å². The van der Waals surface area contributed by atoms with Crippen LogP contribution in [0.3, 0.4) is 0 Å². The van der Waals surface area contributed by atoms with Gasteiger partial charge in [-0.3, -0.25) is 15.1 Å². The summed E-state index contributed by atoms with van der Waals surface area (Å²) >= 11 is 0. The van der Waals surface area contributed by atoms with Crippen molar-refractivity contribution in [3.8, 4) is 0 Å². The van der Waals surface area contributed by atoms with Gasteiger partial charge in [0, 0.05) is 26.2 Å². The van der Waals surface area contributed by atoms with Gasteiger partial charge in [0.15, 0.2) is 0 Å². The zero-order chi connectivity index (χ0) is 11.7. The third kappa shape index (κ3) is 1.83. The van der Waals surface area contributed by atoms with Crippen LogP contribution in [0.2, 0.25) is 0 Å². The number of urea groups is 1. The summed E-state index contributed by atoms with van der Waals surface area (Å²) in [6.07, 6.45) is 0. The van der Waals surface area contributed by atoms with Gasteiger partial charge < -0.3 is 10.2 Å². The van der Waals surface area contributed by atoms with Crippen LogP contribution in [-0.4, -0.2) is 60.0 Å². The van der Waals surface area contributed by atoms with E-state index >= 15 is 0 Å². The second kappa shape index (κ2) is 4.26. The Hall–Kier alpha value is -1.34. The first-order valence-electron chi connectivity index (χ1n) is 5.42. The predicted octanol–water partition coefficient (Wildman–Crippen LogP) is -1.93. The Morgan fingerprint density at radius 1 is 1.62 bits per heavy atom. The minimum atomic E-state index is -0.247. The standard InChI is InChI=1S/C9H17N5O2/c1-6(8(15)12-10)13-2-3-14-7(5-13)4-11-9(14)16/h6-7H,2-5,10H2,1H3,(H,11,16)(H,12,15). The topological polar surface area (TPSA) is 90.7 Å². The summed E-state index contributed by atoms with van der Waals surface area (Å²) in [6.45, 7) is 4.57. The minimum Gasteiger partial charge on any atom is -0.336 e. The highest BCUT2D eigenvalue weighted by Gasteiger charge is 2.37. The molecule has 2 atom stereocenters. The molecule has 3 amide bonds. The first kappa shape index (κ1) is 11.2. The van der Waals surface area contributed by atoms with E-state index in [1.807, 2.05) is 16.7 Å². The zero-order valence-corrected chi connectivity index (χ0v) is 9.27. The van der Waals surface area contributed by atoms with Gasteiger partial charge in [-0.05, 0) is 6.92 Å². The molecule has 2 heterocycles. The van der Waals surface area contributed by atoms with Crippen LogP contribution in [0.1, 0.15) is 6.92 Å². The lowest BCUT2D eigenvalue weighted by Crippen LogP contribution is -2.58. The molecule has 90 valence electrons. The average molecular weight is 227 g/mol. The molecule has 0 aromatic rings. The fourth-order valence-corrected chi connectivity index (χ4v) is 2.27. The number of amides is 3. The van der Waals surface area contributed by atoms with Crippen molar-refractivity contribution in [2.45, 2.75) is 19.0 Å². The highest BCUT2D eigenvalue weighted by atomic mass is 16.2. The van der Waals surface area contributed by atoms with Crippen LogP contribution in [0.4, 0.5) is 4.79 Å². The van der Waals surface area contributed by atoms with Crippen molar-refractivity contribution in [2.24, 2.45) is 5.84 Å².